The number of aromatic nitrogens is 6. The van der Waals surface area contributed by atoms with E-state index in [2.05, 4.69) is 30.3 Å². The molecule has 0 unspecified atom stereocenters. The lowest BCUT2D eigenvalue weighted by molar-refractivity contribution is -0.0803. The van der Waals surface area contributed by atoms with Crippen molar-refractivity contribution in [1.29, 1.82) is 0 Å². The number of likely N-dealkylation sites (tertiary alicyclic amines) is 1. The number of hydrogen-bond donors (Lipinski definition) is 1. The molecule has 0 bridgehead atoms. The van der Waals surface area contributed by atoms with Crippen molar-refractivity contribution in [2.24, 2.45) is 4.99 Å². The Morgan fingerprint density at radius 3 is 2.89 bits per heavy atom. The van der Waals surface area contributed by atoms with Crippen LogP contribution in [0.25, 0.3) is 27.7 Å². The molecule has 5 heterocycles. The fourth-order valence-corrected chi connectivity index (χ4v) is 4.82. The second kappa shape index (κ2) is 9.41. The van der Waals surface area contributed by atoms with E-state index in [1.807, 2.05) is 0 Å². The van der Waals surface area contributed by atoms with Crippen molar-refractivity contribution in [2.45, 2.75) is 37.6 Å². The number of aromatic amines is 1. The minimum Gasteiger partial charge on any atom is -0.479 e. The van der Waals surface area contributed by atoms with Gasteiger partial charge in [0.05, 0.1) is 51.0 Å². The highest BCUT2D eigenvalue weighted by molar-refractivity contribution is 5.89. The summed E-state index contributed by atoms with van der Waals surface area (Å²) in [7, 11) is 1.34. The van der Waals surface area contributed by atoms with Gasteiger partial charge in [-0.2, -0.15) is 4.98 Å². The third-order valence-corrected chi connectivity index (χ3v) is 6.78. The molecule has 2 fully saturated rings. The summed E-state index contributed by atoms with van der Waals surface area (Å²) in [6.45, 7) is 1.42. The lowest BCUT2D eigenvalue weighted by atomic mass is 10.0. The standard InChI is InChI=1S/C23H24F4N8O2/c1-36-22-21-20(12-2-3-17-18(6-12)34(32-30-17)9-19(26)27)15(25)8-35(21)31-23(29-22)28-16-4-5-33(7-14(16)24)13-10-37-11-13/h2-3,6,8,13-14,16,19H,4-5,7,9-11H2,1H3,(H,28,31)/t14-,16-/m0/s1/i8D. The minimum absolute atomic E-state index is 0.00728. The second-order valence-corrected chi connectivity index (χ2v) is 9.09. The lowest BCUT2D eigenvalue weighted by Crippen LogP contribution is -2.55. The summed E-state index contributed by atoms with van der Waals surface area (Å²) in [5, 5.41) is 10.4. The fraction of sp³-hybridized carbons (Fsp3) is 0.478. The molecule has 0 amide bonds. The molecule has 0 saturated carbocycles. The number of nitrogens with one attached hydrogen (secondary N) is 1. The third kappa shape index (κ3) is 4.33. The van der Waals surface area contributed by atoms with Crippen LogP contribution in [0.3, 0.4) is 0 Å². The number of nitrogens with zero attached hydrogens (tertiary/aromatic N) is 7. The quantitative estimate of drug-likeness (QED) is 0.391. The zero-order valence-electron chi connectivity index (χ0n) is 20.7. The van der Waals surface area contributed by atoms with Crippen molar-refractivity contribution in [3.63, 3.8) is 0 Å². The molecule has 3 aromatic heterocycles. The minimum atomic E-state index is -2.65. The molecule has 2 atom stereocenters. The van der Waals surface area contributed by atoms with Crippen molar-refractivity contribution >= 4 is 16.6 Å². The number of rotatable bonds is 6. The van der Waals surface area contributed by atoms with Gasteiger partial charge in [0.25, 0.3) is 6.43 Å². The average Bonchev–Trinajstić information content (AvgIpc) is 3.36. The summed E-state index contributed by atoms with van der Waals surface area (Å²) in [5.41, 5.74) is 1.01. The Balaban J connectivity index is 1.41. The molecular weight excluding hydrogens is 496 g/mol. The molecule has 37 heavy (non-hydrogen) atoms. The van der Waals surface area contributed by atoms with Crippen LogP contribution in [0.5, 0.6) is 5.88 Å². The zero-order valence-corrected chi connectivity index (χ0v) is 19.7. The number of H-pyrrole nitrogens is 1. The van der Waals surface area contributed by atoms with Crippen LogP contribution in [0.15, 0.2) is 29.4 Å². The van der Waals surface area contributed by atoms with Gasteiger partial charge in [0, 0.05) is 13.1 Å². The van der Waals surface area contributed by atoms with Crippen molar-refractivity contribution < 1.29 is 28.4 Å². The van der Waals surface area contributed by atoms with Gasteiger partial charge in [0.1, 0.15) is 23.7 Å². The van der Waals surface area contributed by atoms with E-state index in [1.165, 1.54) is 19.2 Å². The van der Waals surface area contributed by atoms with Gasteiger partial charge in [-0.1, -0.05) is 11.3 Å². The van der Waals surface area contributed by atoms with E-state index in [4.69, 9.17) is 10.8 Å². The Morgan fingerprint density at radius 1 is 1.35 bits per heavy atom. The Kier molecular flexibility index (Phi) is 5.76. The SMILES string of the molecule is [2H]c1c(F)c(-c2ccc3nnn(CC(F)F)c3c2)c2c(OC)nc(=N[C@H]3CCN(C4COC4)C[C@@H]3F)[nH]n12. The summed E-state index contributed by atoms with van der Waals surface area (Å²) in [5.74, 6) is -0.918. The van der Waals surface area contributed by atoms with Crippen LogP contribution in [0.2, 0.25) is 0 Å². The molecule has 2 aliphatic heterocycles. The molecule has 14 heteroatoms. The van der Waals surface area contributed by atoms with Gasteiger partial charge in [-0.15, -0.1) is 5.10 Å². The number of benzene rings is 1. The molecule has 1 N–H and O–H groups in total. The molecule has 0 aliphatic carbocycles. The van der Waals surface area contributed by atoms with Crippen molar-refractivity contribution in [3.05, 3.63) is 35.8 Å². The van der Waals surface area contributed by atoms with Crippen molar-refractivity contribution in [2.75, 3.05) is 33.4 Å². The molecule has 2 aliphatic rings. The molecule has 196 valence electrons. The molecule has 2 saturated heterocycles. The lowest BCUT2D eigenvalue weighted by Gasteiger charge is -2.41. The van der Waals surface area contributed by atoms with E-state index in [0.29, 0.717) is 31.7 Å². The maximum atomic E-state index is 15.5. The monoisotopic (exact) mass is 521 g/mol. The van der Waals surface area contributed by atoms with E-state index in [0.717, 1.165) is 9.20 Å². The number of methoxy groups -OCH3 is 1. The van der Waals surface area contributed by atoms with Crippen molar-refractivity contribution in [1.82, 2.24) is 34.5 Å². The third-order valence-electron chi connectivity index (χ3n) is 6.78. The normalized spacial score (nSPS) is 22.2. The van der Waals surface area contributed by atoms with E-state index < -0.39 is 37.2 Å². The topological polar surface area (TPSA) is 97.9 Å². The number of hydrogen-bond acceptors (Lipinski definition) is 7. The number of alkyl halides is 3. The summed E-state index contributed by atoms with van der Waals surface area (Å²) in [6.07, 6.45) is -3.94. The van der Waals surface area contributed by atoms with Gasteiger partial charge in [-0.05, 0) is 24.1 Å². The van der Waals surface area contributed by atoms with Crippen LogP contribution in [0, 0.1) is 5.82 Å². The van der Waals surface area contributed by atoms with Crippen LogP contribution >= 0.6 is 0 Å². The summed E-state index contributed by atoms with van der Waals surface area (Å²) in [4.78, 5) is 10.8. The van der Waals surface area contributed by atoms with Crippen LogP contribution in [-0.2, 0) is 11.3 Å². The molecule has 1 aromatic carbocycles. The van der Waals surface area contributed by atoms with E-state index in [9.17, 15) is 13.2 Å². The van der Waals surface area contributed by atoms with E-state index in [1.54, 1.807) is 6.07 Å². The first-order valence-corrected chi connectivity index (χ1v) is 11.8. The number of halogens is 4. The smallest absolute Gasteiger partial charge is 0.258 e. The fourth-order valence-electron chi connectivity index (χ4n) is 4.82. The number of piperidine rings is 1. The Hall–Kier alpha value is -3.52. The zero-order chi connectivity index (χ0) is 26.6. The first-order chi connectivity index (χ1) is 18.3. The van der Waals surface area contributed by atoms with Gasteiger partial charge in [-0.25, -0.2) is 27.2 Å². The highest BCUT2D eigenvalue weighted by Crippen LogP contribution is 2.34. The maximum Gasteiger partial charge on any atom is 0.258 e. The van der Waals surface area contributed by atoms with Crippen LogP contribution < -0.4 is 10.4 Å². The second-order valence-electron chi connectivity index (χ2n) is 9.09. The first kappa shape index (κ1) is 22.7. The maximum absolute atomic E-state index is 15.5. The Labute approximate surface area is 208 Å². The predicted octanol–water partition coefficient (Wildman–Crippen LogP) is 2.20. The molecule has 4 aromatic rings. The summed E-state index contributed by atoms with van der Waals surface area (Å²) >= 11 is 0. The molecule has 0 spiro atoms. The van der Waals surface area contributed by atoms with E-state index in [-0.39, 0.29) is 46.2 Å². The number of ether oxygens (including phenoxy) is 2. The first-order valence-electron chi connectivity index (χ1n) is 12.3. The summed E-state index contributed by atoms with van der Waals surface area (Å²) < 4.78 is 77.6. The van der Waals surface area contributed by atoms with Gasteiger partial charge in [0.15, 0.2) is 5.82 Å². The van der Waals surface area contributed by atoms with Crippen LogP contribution in [0.4, 0.5) is 17.6 Å². The van der Waals surface area contributed by atoms with Gasteiger partial charge in [0.2, 0.25) is 11.5 Å². The van der Waals surface area contributed by atoms with Gasteiger partial charge in [-0.3, -0.25) is 14.5 Å². The van der Waals surface area contributed by atoms with Crippen molar-refractivity contribution in [3.8, 4) is 17.0 Å². The van der Waals surface area contributed by atoms with E-state index >= 15 is 4.39 Å². The molecular formula is C23H24F4N8O2. The summed E-state index contributed by atoms with van der Waals surface area (Å²) in [6, 6.07) is 4.11. The Morgan fingerprint density at radius 2 is 2.19 bits per heavy atom. The van der Waals surface area contributed by atoms with Gasteiger partial charge >= 0.3 is 0 Å². The highest BCUT2D eigenvalue weighted by atomic mass is 19.3. The number of fused-ring (bicyclic) bond motifs is 2. The van der Waals surface area contributed by atoms with Gasteiger partial charge < -0.3 is 9.47 Å². The van der Waals surface area contributed by atoms with Crippen LogP contribution in [0.1, 0.15) is 7.79 Å². The largest absolute Gasteiger partial charge is 0.479 e. The Bertz CT molecular complexity index is 1570. The molecule has 0 radical (unpaired) electrons. The predicted molar refractivity (Wildman–Crippen MR) is 124 cm³/mol. The van der Waals surface area contributed by atoms with Crippen LogP contribution in [-0.4, -0.2) is 92.6 Å². The average molecular weight is 521 g/mol. The highest BCUT2D eigenvalue weighted by Gasteiger charge is 2.35. The molecule has 6 rings (SSSR count). The molecule has 10 nitrogen and oxygen atoms in total.